The van der Waals surface area contributed by atoms with Gasteiger partial charge in [-0.05, 0) is 68.9 Å². The van der Waals surface area contributed by atoms with Gasteiger partial charge in [0.15, 0.2) is 5.11 Å². The Morgan fingerprint density at radius 1 is 1.23 bits per heavy atom. The van der Waals surface area contributed by atoms with E-state index in [2.05, 4.69) is 39.8 Å². The second-order valence-corrected chi connectivity index (χ2v) is 7.82. The van der Waals surface area contributed by atoms with Crippen molar-refractivity contribution in [3.8, 4) is 5.69 Å². The third kappa shape index (κ3) is 4.03. The molecule has 3 aromatic heterocycles. The summed E-state index contributed by atoms with van der Waals surface area (Å²) >= 11 is 5.64. The van der Waals surface area contributed by atoms with Crippen molar-refractivity contribution < 1.29 is 9.53 Å². The molecule has 1 aliphatic heterocycles. The maximum atomic E-state index is 12.4. The smallest absolute Gasteiger partial charge is 0.325 e. The Bertz CT molecular complexity index is 1080. The number of carbonyl (C=O) groups excluding carboxylic acids is 1. The molecule has 160 valence electrons. The number of aromatic nitrogens is 3. The maximum absolute atomic E-state index is 12.4. The molecular weight excluding hydrogens is 410 g/mol. The maximum Gasteiger partial charge on any atom is 0.325 e. The van der Waals surface area contributed by atoms with E-state index in [9.17, 15) is 4.79 Å². The molecule has 4 rings (SSSR count). The SMILES string of the molecule is CCOC(=O)CN1C(=S)NC(c2ccccn2)C1c1cc(C)n(-c2cccnc2)c1C. The first-order chi connectivity index (χ1) is 15.0. The van der Waals surface area contributed by atoms with E-state index in [1.54, 1.807) is 19.3 Å². The molecule has 1 N–H and O–H groups in total. The minimum absolute atomic E-state index is 0.0736. The van der Waals surface area contributed by atoms with Crippen LogP contribution >= 0.6 is 12.2 Å². The van der Waals surface area contributed by atoms with Crippen molar-refractivity contribution in [2.24, 2.45) is 0 Å². The average Bonchev–Trinajstić information content (AvgIpc) is 3.25. The van der Waals surface area contributed by atoms with Gasteiger partial charge in [0.05, 0.1) is 36.3 Å². The van der Waals surface area contributed by atoms with Gasteiger partial charge in [0.25, 0.3) is 0 Å². The van der Waals surface area contributed by atoms with Gasteiger partial charge < -0.3 is 19.5 Å². The van der Waals surface area contributed by atoms with E-state index in [0.29, 0.717) is 11.7 Å². The molecule has 0 aromatic carbocycles. The third-order valence-electron chi connectivity index (χ3n) is 5.50. The van der Waals surface area contributed by atoms with E-state index in [1.165, 1.54) is 0 Å². The Morgan fingerprint density at radius 3 is 2.74 bits per heavy atom. The van der Waals surface area contributed by atoms with Crippen LogP contribution in [0.1, 0.15) is 41.7 Å². The van der Waals surface area contributed by atoms with E-state index < -0.39 is 0 Å². The van der Waals surface area contributed by atoms with E-state index >= 15 is 0 Å². The summed E-state index contributed by atoms with van der Waals surface area (Å²) in [6.07, 6.45) is 5.37. The summed E-state index contributed by atoms with van der Waals surface area (Å²) in [5.41, 5.74) is 5.08. The molecule has 0 radical (unpaired) electrons. The van der Waals surface area contributed by atoms with Gasteiger partial charge in [0.1, 0.15) is 6.54 Å². The summed E-state index contributed by atoms with van der Waals surface area (Å²) in [7, 11) is 0. The van der Waals surface area contributed by atoms with E-state index in [1.807, 2.05) is 41.4 Å². The first-order valence-electron chi connectivity index (χ1n) is 10.2. The minimum atomic E-state index is -0.306. The number of aryl methyl sites for hydroxylation is 1. The molecule has 3 aromatic rings. The lowest BCUT2D eigenvalue weighted by molar-refractivity contribution is -0.143. The normalized spacial score (nSPS) is 18.2. The number of nitrogens with zero attached hydrogens (tertiary/aromatic N) is 4. The summed E-state index contributed by atoms with van der Waals surface area (Å²) in [4.78, 5) is 23.1. The topological polar surface area (TPSA) is 72.3 Å². The number of pyridine rings is 2. The van der Waals surface area contributed by atoms with Crippen LogP contribution in [0.25, 0.3) is 5.69 Å². The van der Waals surface area contributed by atoms with Crippen LogP contribution in [0.2, 0.25) is 0 Å². The Labute approximate surface area is 187 Å². The zero-order valence-electron chi connectivity index (χ0n) is 17.8. The molecule has 7 nitrogen and oxygen atoms in total. The first kappa shape index (κ1) is 21.0. The zero-order valence-corrected chi connectivity index (χ0v) is 18.6. The molecule has 0 amide bonds. The number of hydrogen-bond acceptors (Lipinski definition) is 5. The van der Waals surface area contributed by atoms with Gasteiger partial charge in [-0.25, -0.2) is 0 Å². The number of rotatable bonds is 6. The van der Waals surface area contributed by atoms with Crippen LogP contribution in [0.5, 0.6) is 0 Å². The van der Waals surface area contributed by atoms with Gasteiger partial charge in [-0.15, -0.1) is 0 Å². The Morgan fingerprint density at radius 2 is 2.06 bits per heavy atom. The highest BCUT2D eigenvalue weighted by atomic mass is 32.1. The van der Waals surface area contributed by atoms with Crippen LogP contribution in [0.4, 0.5) is 0 Å². The predicted octanol–water partition coefficient (Wildman–Crippen LogP) is 3.42. The van der Waals surface area contributed by atoms with Gasteiger partial charge in [0.2, 0.25) is 0 Å². The third-order valence-corrected chi connectivity index (χ3v) is 5.85. The second kappa shape index (κ2) is 8.85. The van der Waals surface area contributed by atoms with Crippen molar-refractivity contribution in [2.75, 3.05) is 13.2 Å². The summed E-state index contributed by atoms with van der Waals surface area (Å²) in [6.45, 7) is 6.35. The number of esters is 1. The summed E-state index contributed by atoms with van der Waals surface area (Å²) < 4.78 is 7.38. The zero-order chi connectivity index (χ0) is 22.0. The molecule has 8 heteroatoms. The van der Waals surface area contributed by atoms with Gasteiger partial charge in [-0.2, -0.15) is 0 Å². The lowest BCUT2D eigenvalue weighted by Crippen LogP contribution is -2.35. The fourth-order valence-electron chi connectivity index (χ4n) is 4.23. The minimum Gasteiger partial charge on any atom is -0.465 e. The number of thiocarbonyl (C=S) groups is 1. The second-order valence-electron chi connectivity index (χ2n) is 7.43. The summed E-state index contributed by atoms with van der Waals surface area (Å²) in [5, 5.41) is 3.89. The van der Waals surface area contributed by atoms with Crippen molar-refractivity contribution in [1.82, 2.24) is 24.8 Å². The van der Waals surface area contributed by atoms with Crippen LogP contribution in [0.15, 0.2) is 55.0 Å². The van der Waals surface area contributed by atoms with E-state index in [-0.39, 0.29) is 24.6 Å². The number of nitrogens with one attached hydrogen (secondary N) is 1. The van der Waals surface area contributed by atoms with E-state index in [0.717, 1.165) is 28.3 Å². The molecule has 0 spiro atoms. The molecule has 1 saturated heterocycles. The molecule has 31 heavy (non-hydrogen) atoms. The monoisotopic (exact) mass is 435 g/mol. The van der Waals surface area contributed by atoms with Gasteiger partial charge >= 0.3 is 5.97 Å². The number of ether oxygens (including phenoxy) is 1. The fourth-order valence-corrected chi connectivity index (χ4v) is 4.54. The van der Waals surface area contributed by atoms with Crippen LogP contribution in [-0.4, -0.2) is 43.7 Å². The van der Waals surface area contributed by atoms with Crippen LogP contribution < -0.4 is 5.32 Å². The lowest BCUT2D eigenvalue weighted by Gasteiger charge is -2.27. The number of carbonyl (C=O) groups is 1. The molecule has 1 fully saturated rings. The average molecular weight is 436 g/mol. The largest absolute Gasteiger partial charge is 0.465 e. The quantitative estimate of drug-likeness (QED) is 0.470. The highest BCUT2D eigenvalue weighted by Gasteiger charge is 2.42. The molecule has 0 saturated carbocycles. The van der Waals surface area contributed by atoms with Crippen molar-refractivity contribution in [1.29, 1.82) is 0 Å². The Balaban J connectivity index is 1.81. The highest BCUT2D eigenvalue weighted by Crippen LogP contribution is 2.41. The van der Waals surface area contributed by atoms with Crippen molar-refractivity contribution >= 4 is 23.3 Å². The standard InChI is InChI=1S/C23H25N5O2S/c1-4-30-20(29)14-27-22(21(26-23(27)31)19-9-5-6-11-25-19)18-12-15(2)28(16(18)3)17-8-7-10-24-13-17/h5-13,21-22H,4,14H2,1-3H3,(H,26,31). The van der Waals surface area contributed by atoms with Crippen LogP contribution in [0, 0.1) is 13.8 Å². The molecule has 1 aliphatic rings. The van der Waals surface area contributed by atoms with Crippen molar-refractivity contribution in [3.05, 3.63) is 77.6 Å². The van der Waals surface area contributed by atoms with E-state index in [4.69, 9.17) is 17.0 Å². The Hall–Kier alpha value is -3.26. The van der Waals surface area contributed by atoms with Crippen LogP contribution in [-0.2, 0) is 9.53 Å². The van der Waals surface area contributed by atoms with Gasteiger partial charge in [-0.1, -0.05) is 6.07 Å². The predicted molar refractivity (Wildman–Crippen MR) is 122 cm³/mol. The molecule has 2 unspecified atom stereocenters. The highest BCUT2D eigenvalue weighted by molar-refractivity contribution is 7.80. The molecule has 0 bridgehead atoms. The number of hydrogen-bond donors (Lipinski definition) is 1. The van der Waals surface area contributed by atoms with Crippen LogP contribution in [0.3, 0.4) is 0 Å². The molecule has 2 atom stereocenters. The molecule has 0 aliphatic carbocycles. The van der Waals surface area contributed by atoms with Crippen molar-refractivity contribution in [3.63, 3.8) is 0 Å². The lowest BCUT2D eigenvalue weighted by atomic mass is 9.97. The summed E-state index contributed by atoms with van der Waals surface area (Å²) in [6, 6.07) is 11.5. The molecular formula is C23H25N5O2S. The fraction of sp³-hybridized carbons (Fsp3) is 0.304. The van der Waals surface area contributed by atoms with Crippen molar-refractivity contribution in [2.45, 2.75) is 32.9 Å². The van der Waals surface area contributed by atoms with Gasteiger partial charge in [-0.3, -0.25) is 14.8 Å². The summed E-state index contributed by atoms with van der Waals surface area (Å²) in [5.74, 6) is -0.306. The molecule has 4 heterocycles. The first-order valence-corrected chi connectivity index (χ1v) is 10.6. The Kier molecular flexibility index (Phi) is 5.99. The van der Waals surface area contributed by atoms with Gasteiger partial charge in [0, 0.05) is 23.8 Å².